The summed E-state index contributed by atoms with van der Waals surface area (Å²) in [6.07, 6.45) is 0.304. The lowest BCUT2D eigenvalue weighted by atomic mass is 10.3. The number of nitrogens with zero attached hydrogens (tertiary/aromatic N) is 2. The zero-order valence-electron chi connectivity index (χ0n) is 16.4. The van der Waals surface area contributed by atoms with E-state index in [0.717, 1.165) is 15.3 Å². The fourth-order valence-electron chi connectivity index (χ4n) is 2.77. The quantitative estimate of drug-likeness (QED) is 0.368. The summed E-state index contributed by atoms with van der Waals surface area (Å²) in [5.41, 5.74) is 0.469. The van der Waals surface area contributed by atoms with Gasteiger partial charge in [-0.1, -0.05) is 17.4 Å². The molecule has 0 spiro atoms. The topological polar surface area (TPSA) is 52.8 Å². The van der Waals surface area contributed by atoms with Crippen LogP contribution in [-0.2, 0) is 16.1 Å². The highest BCUT2D eigenvalue weighted by Crippen LogP contribution is 2.22. The lowest BCUT2D eigenvalue weighted by Crippen LogP contribution is -2.20. The van der Waals surface area contributed by atoms with E-state index in [1.54, 1.807) is 29.5 Å². The molecule has 154 valence electrons. The van der Waals surface area contributed by atoms with Crippen LogP contribution < -0.4 is 9.54 Å². The number of methoxy groups -OCH3 is 1. The van der Waals surface area contributed by atoms with Crippen molar-refractivity contribution in [1.29, 1.82) is 0 Å². The number of carbonyl (C=O) groups is 1. The maximum absolute atomic E-state index is 14.4. The molecule has 0 radical (unpaired) electrons. The van der Waals surface area contributed by atoms with Crippen molar-refractivity contribution in [3.8, 4) is 5.75 Å². The van der Waals surface area contributed by atoms with Crippen LogP contribution in [0.3, 0.4) is 0 Å². The number of benzene rings is 2. The summed E-state index contributed by atoms with van der Waals surface area (Å²) in [5, 5.41) is 0. The SMILES string of the molecule is CCOCCn1c(=NC(=O)CCSc2ccc(OC)cc2)sc2cccc(F)c21. The van der Waals surface area contributed by atoms with E-state index < -0.39 is 0 Å². The third kappa shape index (κ3) is 5.68. The molecule has 0 unspecified atom stereocenters. The Morgan fingerprint density at radius 1 is 1.24 bits per heavy atom. The third-order valence-electron chi connectivity index (χ3n) is 4.18. The van der Waals surface area contributed by atoms with Crippen LogP contribution in [0.4, 0.5) is 4.39 Å². The number of carbonyl (C=O) groups excluding carboxylic acids is 1. The van der Waals surface area contributed by atoms with Gasteiger partial charge < -0.3 is 14.0 Å². The number of para-hydroxylation sites is 1. The van der Waals surface area contributed by atoms with Gasteiger partial charge >= 0.3 is 0 Å². The van der Waals surface area contributed by atoms with Crippen molar-refractivity contribution in [2.75, 3.05) is 26.1 Å². The van der Waals surface area contributed by atoms with E-state index in [2.05, 4.69) is 4.99 Å². The second-order valence-electron chi connectivity index (χ2n) is 6.10. The van der Waals surface area contributed by atoms with Gasteiger partial charge in [-0.05, 0) is 43.3 Å². The van der Waals surface area contributed by atoms with Gasteiger partial charge in [0.05, 0.1) is 23.9 Å². The number of thioether (sulfide) groups is 1. The van der Waals surface area contributed by atoms with Crippen LogP contribution in [0.15, 0.2) is 52.4 Å². The molecule has 1 aromatic heterocycles. The minimum absolute atomic E-state index is 0.219. The highest BCUT2D eigenvalue weighted by atomic mass is 32.2. The first kappa shape index (κ1) is 21.5. The number of aromatic nitrogens is 1. The molecule has 2 aromatic carbocycles. The first-order valence-electron chi connectivity index (χ1n) is 9.32. The Morgan fingerprint density at radius 3 is 2.76 bits per heavy atom. The average Bonchev–Trinajstić information content (AvgIpc) is 3.07. The van der Waals surface area contributed by atoms with Gasteiger partial charge in [-0.15, -0.1) is 11.8 Å². The first-order chi connectivity index (χ1) is 14.1. The van der Waals surface area contributed by atoms with Gasteiger partial charge in [-0.2, -0.15) is 4.99 Å². The number of amides is 1. The van der Waals surface area contributed by atoms with E-state index in [9.17, 15) is 9.18 Å². The van der Waals surface area contributed by atoms with Gasteiger partial charge in [-0.3, -0.25) is 4.79 Å². The van der Waals surface area contributed by atoms with Crippen molar-refractivity contribution < 1.29 is 18.7 Å². The molecule has 0 aliphatic carbocycles. The molecule has 0 aliphatic heterocycles. The van der Waals surface area contributed by atoms with Gasteiger partial charge in [0.25, 0.3) is 0 Å². The summed E-state index contributed by atoms with van der Waals surface area (Å²) in [6.45, 7) is 3.37. The van der Waals surface area contributed by atoms with Crippen LogP contribution in [-0.4, -0.2) is 36.6 Å². The van der Waals surface area contributed by atoms with E-state index >= 15 is 0 Å². The predicted molar refractivity (Wildman–Crippen MR) is 115 cm³/mol. The van der Waals surface area contributed by atoms with Crippen LogP contribution >= 0.6 is 23.1 Å². The molecule has 0 saturated carbocycles. The highest BCUT2D eigenvalue weighted by Gasteiger charge is 2.12. The summed E-state index contributed by atoms with van der Waals surface area (Å²) >= 11 is 2.90. The largest absolute Gasteiger partial charge is 0.497 e. The van der Waals surface area contributed by atoms with Crippen molar-refractivity contribution >= 4 is 39.2 Å². The van der Waals surface area contributed by atoms with Crippen molar-refractivity contribution in [2.45, 2.75) is 24.8 Å². The van der Waals surface area contributed by atoms with Crippen molar-refractivity contribution in [3.05, 3.63) is 53.1 Å². The van der Waals surface area contributed by atoms with Gasteiger partial charge in [0.2, 0.25) is 5.91 Å². The number of fused-ring (bicyclic) bond motifs is 1. The molecule has 0 aliphatic rings. The van der Waals surface area contributed by atoms with Gasteiger partial charge in [-0.25, -0.2) is 4.39 Å². The summed E-state index contributed by atoms with van der Waals surface area (Å²) in [5.74, 6) is 0.878. The smallest absolute Gasteiger partial charge is 0.249 e. The van der Waals surface area contributed by atoms with Gasteiger partial charge in [0.1, 0.15) is 11.6 Å². The fraction of sp³-hybridized carbons (Fsp3) is 0.333. The Bertz CT molecular complexity index is 1030. The monoisotopic (exact) mass is 434 g/mol. The van der Waals surface area contributed by atoms with Crippen molar-refractivity contribution in [3.63, 3.8) is 0 Å². The average molecular weight is 435 g/mol. The molecule has 1 amide bonds. The molecule has 0 fully saturated rings. The number of hydrogen-bond donors (Lipinski definition) is 0. The van der Waals surface area contributed by atoms with E-state index in [1.165, 1.54) is 17.4 Å². The summed E-state index contributed by atoms with van der Waals surface area (Å²) in [7, 11) is 1.63. The highest BCUT2D eigenvalue weighted by molar-refractivity contribution is 7.99. The van der Waals surface area contributed by atoms with E-state index in [-0.39, 0.29) is 11.7 Å². The Balaban J connectivity index is 1.72. The summed E-state index contributed by atoms with van der Waals surface area (Å²) in [4.78, 5) is 18.2. The Hall–Kier alpha value is -2.16. The molecule has 0 saturated heterocycles. The molecular formula is C21H23FN2O3S2. The normalized spacial score (nSPS) is 11.9. The van der Waals surface area contributed by atoms with Crippen LogP contribution in [0, 0.1) is 5.82 Å². The first-order valence-corrected chi connectivity index (χ1v) is 11.1. The lowest BCUT2D eigenvalue weighted by molar-refractivity contribution is -0.117. The van der Waals surface area contributed by atoms with Crippen LogP contribution in [0.25, 0.3) is 10.2 Å². The van der Waals surface area contributed by atoms with Crippen LogP contribution in [0.1, 0.15) is 13.3 Å². The minimum Gasteiger partial charge on any atom is -0.497 e. The summed E-state index contributed by atoms with van der Waals surface area (Å²) < 4.78 is 27.4. The Kier molecular flexibility index (Phi) is 7.85. The molecule has 1 heterocycles. The Labute approximate surface area is 177 Å². The van der Waals surface area contributed by atoms with Crippen molar-refractivity contribution in [2.24, 2.45) is 4.99 Å². The molecule has 5 nitrogen and oxygen atoms in total. The maximum atomic E-state index is 14.4. The minimum atomic E-state index is -0.320. The number of ether oxygens (including phenoxy) is 2. The molecule has 8 heteroatoms. The van der Waals surface area contributed by atoms with Gasteiger partial charge in [0, 0.05) is 30.2 Å². The fourth-order valence-corrected chi connectivity index (χ4v) is 4.70. The number of hydrogen-bond acceptors (Lipinski definition) is 5. The molecule has 3 aromatic rings. The predicted octanol–water partition coefficient (Wildman–Crippen LogP) is 4.50. The third-order valence-corrected chi connectivity index (χ3v) is 6.24. The van der Waals surface area contributed by atoms with Crippen LogP contribution in [0.2, 0.25) is 0 Å². The maximum Gasteiger partial charge on any atom is 0.249 e. The molecular weight excluding hydrogens is 411 g/mol. The molecule has 0 bridgehead atoms. The second kappa shape index (κ2) is 10.6. The second-order valence-corrected chi connectivity index (χ2v) is 8.28. The molecule has 0 N–H and O–H groups in total. The number of thiazole rings is 1. The van der Waals surface area contributed by atoms with Crippen LogP contribution in [0.5, 0.6) is 5.75 Å². The van der Waals surface area contributed by atoms with Gasteiger partial charge in [0.15, 0.2) is 4.80 Å². The Morgan fingerprint density at radius 2 is 2.03 bits per heavy atom. The van der Waals surface area contributed by atoms with E-state index in [4.69, 9.17) is 9.47 Å². The standard InChI is InChI=1S/C21H23FN2O3S2/c1-3-27-13-12-24-20-17(22)5-4-6-18(20)29-21(24)23-19(25)11-14-28-16-9-7-15(26-2)8-10-16/h4-10H,3,11-14H2,1-2H3. The molecule has 3 rings (SSSR count). The van der Waals surface area contributed by atoms with E-state index in [1.807, 2.05) is 37.3 Å². The zero-order chi connectivity index (χ0) is 20.6. The van der Waals surface area contributed by atoms with E-state index in [0.29, 0.717) is 42.3 Å². The zero-order valence-corrected chi connectivity index (χ0v) is 18.0. The molecule has 29 heavy (non-hydrogen) atoms. The number of halogens is 1. The molecule has 0 atom stereocenters. The lowest BCUT2D eigenvalue weighted by Gasteiger charge is -2.06. The summed E-state index contributed by atoms with van der Waals surface area (Å²) in [6, 6.07) is 12.6. The number of rotatable bonds is 9. The van der Waals surface area contributed by atoms with Crippen molar-refractivity contribution in [1.82, 2.24) is 4.57 Å².